The minimum atomic E-state index is -0.965. The predicted molar refractivity (Wildman–Crippen MR) is 105 cm³/mol. The van der Waals surface area contributed by atoms with E-state index in [9.17, 15) is 0 Å². The molecule has 0 saturated carbocycles. The largest absolute Gasteiger partial charge is 0.488 e. The third-order valence-corrected chi connectivity index (χ3v) is 7.82. The fourth-order valence-corrected chi connectivity index (χ4v) is 6.71. The van der Waals surface area contributed by atoms with E-state index >= 15 is 0 Å². The molecule has 138 valence electrons. The van der Waals surface area contributed by atoms with Crippen LogP contribution in [0.5, 0.6) is 5.75 Å². The first-order chi connectivity index (χ1) is 11.5. The first-order valence-corrected chi connectivity index (χ1v) is 13.4. The van der Waals surface area contributed by atoms with Gasteiger partial charge in [-0.25, -0.2) is 0 Å². The van der Waals surface area contributed by atoms with Crippen molar-refractivity contribution >= 4 is 55.9 Å². The average Bonchev–Trinajstić information content (AvgIpc) is 2.54. The Morgan fingerprint density at radius 1 is 1.04 bits per heavy atom. The predicted octanol–water partition coefficient (Wildman–Crippen LogP) is 5.51. The molecular formula is C17H27Cl3O3Sn. The smallest absolute Gasteiger partial charge is 0.156 e. The molecule has 7 heteroatoms. The Morgan fingerprint density at radius 2 is 1.54 bits per heavy atom. The minimum absolute atomic E-state index is 0.0857. The summed E-state index contributed by atoms with van der Waals surface area (Å²) in [5.41, 5.74) is 0. The molecule has 0 amide bonds. The van der Waals surface area contributed by atoms with Crippen LogP contribution in [0.2, 0.25) is 23.9 Å². The molecule has 1 rings (SSSR count). The second-order valence-electron chi connectivity index (χ2n) is 5.30. The van der Waals surface area contributed by atoms with Crippen molar-refractivity contribution in [1.82, 2.24) is 0 Å². The Hall–Kier alpha value is 0.609. The Balaban J connectivity index is 0.000000506. The van der Waals surface area contributed by atoms with Crippen molar-refractivity contribution in [3.8, 4) is 5.75 Å². The summed E-state index contributed by atoms with van der Waals surface area (Å²) in [6, 6.07) is 2.96. The summed E-state index contributed by atoms with van der Waals surface area (Å²) in [4.78, 5) is 0. The van der Waals surface area contributed by atoms with Gasteiger partial charge in [0.1, 0.15) is 12.7 Å². The number of hydrogen-bond acceptors (Lipinski definition) is 3. The van der Waals surface area contributed by atoms with Crippen molar-refractivity contribution in [3.05, 3.63) is 27.2 Å². The van der Waals surface area contributed by atoms with Crippen molar-refractivity contribution in [1.29, 1.82) is 0 Å². The molecule has 0 aromatic heterocycles. The third-order valence-electron chi connectivity index (χ3n) is 3.01. The van der Waals surface area contributed by atoms with Crippen LogP contribution in [-0.4, -0.2) is 50.7 Å². The third kappa shape index (κ3) is 12.0. The molecule has 0 bridgehead atoms. The summed E-state index contributed by atoms with van der Waals surface area (Å²) >= 11 is 17.5. The molecule has 0 aliphatic rings. The summed E-state index contributed by atoms with van der Waals surface area (Å²) in [6.07, 6.45) is 4.87. The van der Waals surface area contributed by atoms with Crippen LogP contribution >= 0.6 is 34.8 Å². The van der Waals surface area contributed by atoms with Gasteiger partial charge in [-0.05, 0) is 12.1 Å². The minimum Gasteiger partial charge on any atom is -0.488 e. The van der Waals surface area contributed by atoms with Gasteiger partial charge in [0, 0.05) is 5.02 Å². The second kappa shape index (κ2) is 15.8. The van der Waals surface area contributed by atoms with Gasteiger partial charge in [-0.2, -0.15) is 0 Å². The molecule has 0 fully saturated rings. The molecular weight excluding hydrogens is 477 g/mol. The first-order valence-electron chi connectivity index (χ1n) is 8.23. The Labute approximate surface area is 170 Å². The van der Waals surface area contributed by atoms with Crippen molar-refractivity contribution in [3.63, 3.8) is 0 Å². The van der Waals surface area contributed by atoms with Gasteiger partial charge in [0.2, 0.25) is 0 Å². The van der Waals surface area contributed by atoms with Crippen LogP contribution in [0.15, 0.2) is 12.1 Å². The van der Waals surface area contributed by atoms with E-state index in [0.717, 1.165) is 0 Å². The zero-order chi connectivity index (χ0) is 18.4. The fraction of sp³-hybridized carbons (Fsp3) is 0.647. The molecule has 0 heterocycles. The maximum absolute atomic E-state index is 9.07. The number of hydrogen-bond donors (Lipinski definition) is 2. The number of benzene rings is 1. The number of halogens is 3. The van der Waals surface area contributed by atoms with Gasteiger partial charge in [-0.15, -0.1) is 0 Å². The van der Waals surface area contributed by atoms with Gasteiger partial charge in [0.05, 0.1) is 16.7 Å². The van der Waals surface area contributed by atoms with Gasteiger partial charge in [0.15, 0.2) is 5.75 Å². The number of aliphatic hydroxyl groups is 2. The number of aliphatic hydroxyl groups excluding tert-OH is 2. The van der Waals surface area contributed by atoms with Crippen LogP contribution < -0.4 is 4.74 Å². The van der Waals surface area contributed by atoms with Crippen LogP contribution in [0, 0.1) is 0 Å². The van der Waals surface area contributed by atoms with E-state index in [-0.39, 0.29) is 50.2 Å². The van der Waals surface area contributed by atoms with Gasteiger partial charge in [-0.3, -0.25) is 0 Å². The molecule has 1 aromatic rings. The normalized spacial score (nSPS) is 11.6. The molecule has 1 aromatic carbocycles. The molecule has 24 heavy (non-hydrogen) atoms. The van der Waals surface area contributed by atoms with Crippen LogP contribution in [-0.2, 0) is 0 Å². The van der Waals surface area contributed by atoms with Crippen LogP contribution in [0.25, 0.3) is 0 Å². The SMILES string of the molecule is CCC[CH2][Sn][CH2]CCC.OCC(O)COc1c(Cl)cc(Cl)cc1Cl. The molecule has 3 nitrogen and oxygen atoms in total. The molecule has 2 N–H and O–H groups in total. The zero-order valence-electron chi connectivity index (χ0n) is 14.3. The Morgan fingerprint density at radius 3 is 1.96 bits per heavy atom. The molecule has 1 unspecified atom stereocenters. The molecule has 0 aliphatic heterocycles. The van der Waals surface area contributed by atoms with Gasteiger partial charge in [0.25, 0.3) is 0 Å². The number of ether oxygens (including phenoxy) is 1. The molecule has 1 atom stereocenters. The average molecular weight is 504 g/mol. The van der Waals surface area contributed by atoms with E-state index in [1.807, 2.05) is 0 Å². The van der Waals surface area contributed by atoms with Crippen LogP contribution in [0.4, 0.5) is 0 Å². The summed E-state index contributed by atoms with van der Waals surface area (Å²) in [5.74, 6) is 0.246. The number of unbranched alkanes of at least 4 members (excludes halogenated alkanes) is 2. The van der Waals surface area contributed by atoms with Gasteiger partial charge < -0.3 is 14.9 Å². The Kier molecular flexibility index (Phi) is 16.2. The van der Waals surface area contributed by atoms with E-state index in [2.05, 4.69) is 13.8 Å². The van der Waals surface area contributed by atoms with Gasteiger partial charge in [-0.1, -0.05) is 34.8 Å². The van der Waals surface area contributed by atoms with E-state index in [1.165, 1.54) is 37.8 Å². The van der Waals surface area contributed by atoms with Crippen molar-refractivity contribution in [2.75, 3.05) is 13.2 Å². The summed E-state index contributed by atoms with van der Waals surface area (Å²) < 4.78 is 8.39. The quantitative estimate of drug-likeness (QED) is 0.327. The molecule has 0 spiro atoms. The van der Waals surface area contributed by atoms with Crippen LogP contribution in [0.1, 0.15) is 39.5 Å². The number of rotatable bonds is 10. The summed E-state index contributed by atoms with van der Waals surface area (Å²) in [5, 5.41) is 18.6. The Bertz CT molecular complexity index is 418. The summed E-state index contributed by atoms with van der Waals surface area (Å²) in [7, 11) is 0. The second-order valence-corrected chi connectivity index (χ2v) is 10.8. The zero-order valence-corrected chi connectivity index (χ0v) is 19.4. The van der Waals surface area contributed by atoms with Gasteiger partial charge >= 0.3 is 69.5 Å². The fourth-order valence-electron chi connectivity index (χ4n) is 1.63. The monoisotopic (exact) mass is 504 g/mol. The topological polar surface area (TPSA) is 49.7 Å². The molecule has 2 radical (unpaired) electrons. The van der Waals surface area contributed by atoms with E-state index in [0.29, 0.717) is 5.02 Å². The van der Waals surface area contributed by atoms with Crippen molar-refractivity contribution in [2.45, 2.75) is 54.5 Å². The maximum atomic E-state index is 9.07. The van der Waals surface area contributed by atoms with Crippen molar-refractivity contribution < 1.29 is 14.9 Å². The maximum Gasteiger partial charge on any atom is 0.156 e. The van der Waals surface area contributed by atoms with Crippen LogP contribution in [0.3, 0.4) is 0 Å². The van der Waals surface area contributed by atoms with E-state index in [4.69, 9.17) is 49.8 Å². The molecule has 0 aliphatic carbocycles. The molecule has 0 saturated heterocycles. The van der Waals surface area contributed by atoms with E-state index < -0.39 is 6.10 Å². The standard InChI is InChI=1S/C9H9Cl3O3.2C4H9.Sn/c10-5-1-7(11)9(8(12)2-5)15-4-6(14)3-13;2*1-3-4-2;/h1-2,6,13-14H,3-4H2;2*1,3-4H2,2H3;. The first kappa shape index (κ1) is 24.6. The van der Waals surface area contributed by atoms with E-state index in [1.54, 1.807) is 8.87 Å². The van der Waals surface area contributed by atoms with Crippen molar-refractivity contribution in [2.24, 2.45) is 0 Å². The summed E-state index contributed by atoms with van der Waals surface area (Å²) in [6.45, 7) is 4.11.